The summed E-state index contributed by atoms with van der Waals surface area (Å²) in [6.07, 6.45) is 3.71. The molecular formula is C16H18N4O2. The van der Waals surface area contributed by atoms with E-state index in [1.54, 1.807) is 6.92 Å². The van der Waals surface area contributed by atoms with E-state index < -0.39 is 5.91 Å². The van der Waals surface area contributed by atoms with Crippen LogP contribution in [0.4, 0.5) is 5.69 Å². The number of carbonyl (C=O) groups is 2. The fraction of sp³-hybridized carbons (Fsp3) is 0.250. The molecular weight excluding hydrogens is 280 g/mol. The summed E-state index contributed by atoms with van der Waals surface area (Å²) in [5.74, 6) is -0.708. The predicted octanol–water partition coefficient (Wildman–Crippen LogP) is 1.72. The Kier molecular flexibility index (Phi) is 5.19. The predicted molar refractivity (Wildman–Crippen MR) is 83.6 cm³/mol. The van der Waals surface area contributed by atoms with Crippen LogP contribution in [0.1, 0.15) is 28.7 Å². The van der Waals surface area contributed by atoms with Gasteiger partial charge in [-0.2, -0.15) is 0 Å². The van der Waals surface area contributed by atoms with Gasteiger partial charge < -0.3 is 10.6 Å². The lowest BCUT2D eigenvalue weighted by molar-refractivity contribution is -0.115. The molecule has 0 aliphatic carbocycles. The van der Waals surface area contributed by atoms with Crippen molar-refractivity contribution in [3.63, 3.8) is 0 Å². The van der Waals surface area contributed by atoms with Gasteiger partial charge in [0.2, 0.25) is 5.91 Å². The van der Waals surface area contributed by atoms with Gasteiger partial charge >= 0.3 is 0 Å². The third kappa shape index (κ3) is 4.12. The van der Waals surface area contributed by atoms with Crippen molar-refractivity contribution in [2.24, 2.45) is 0 Å². The summed E-state index contributed by atoms with van der Waals surface area (Å²) in [5, 5.41) is 5.31. The third-order valence-electron chi connectivity index (χ3n) is 3.10. The van der Waals surface area contributed by atoms with Crippen LogP contribution in [0.3, 0.4) is 0 Å². The number of benzene rings is 1. The summed E-state index contributed by atoms with van der Waals surface area (Å²) in [6.45, 7) is 3.68. The van der Waals surface area contributed by atoms with Gasteiger partial charge in [0.1, 0.15) is 5.69 Å². The minimum Gasteiger partial charge on any atom is -0.342 e. The van der Waals surface area contributed by atoms with Gasteiger partial charge in [0.25, 0.3) is 5.91 Å². The SMILES string of the molecule is CCc1ccccc1NC(=O)CNC(=O)c1cnc(C)cn1. The van der Waals surface area contributed by atoms with Gasteiger partial charge in [-0.05, 0) is 25.0 Å². The Labute approximate surface area is 129 Å². The fourth-order valence-electron chi connectivity index (χ4n) is 1.91. The molecule has 22 heavy (non-hydrogen) atoms. The van der Waals surface area contributed by atoms with Gasteiger partial charge in [-0.1, -0.05) is 25.1 Å². The molecule has 6 heteroatoms. The van der Waals surface area contributed by atoms with E-state index in [0.29, 0.717) is 0 Å². The first-order chi connectivity index (χ1) is 10.6. The molecule has 0 unspecified atom stereocenters. The average molecular weight is 298 g/mol. The average Bonchev–Trinajstić information content (AvgIpc) is 2.54. The smallest absolute Gasteiger partial charge is 0.271 e. The Morgan fingerprint density at radius 1 is 1.14 bits per heavy atom. The molecule has 0 radical (unpaired) electrons. The van der Waals surface area contributed by atoms with Crippen LogP contribution in [-0.4, -0.2) is 28.3 Å². The highest BCUT2D eigenvalue weighted by atomic mass is 16.2. The van der Waals surface area contributed by atoms with Crippen molar-refractivity contribution in [2.75, 3.05) is 11.9 Å². The first-order valence-electron chi connectivity index (χ1n) is 7.04. The highest BCUT2D eigenvalue weighted by molar-refractivity contribution is 5.98. The first kappa shape index (κ1) is 15.6. The van der Waals surface area contributed by atoms with Crippen LogP contribution in [0.5, 0.6) is 0 Å². The minimum atomic E-state index is -0.425. The number of aryl methyl sites for hydroxylation is 2. The first-order valence-corrected chi connectivity index (χ1v) is 7.04. The lowest BCUT2D eigenvalue weighted by Crippen LogP contribution is -2.33. The molecule has 0 fully saturated rings. The van der Waals surface area contributed by atoms with Gasteiger partial charge in [-0.25, -0.2) is 4.98 Å². The molecule has 2 rings (SSSR count). The van der Waals surface area contributed by atoms with Crippen molar-refractivity contribution >= 4 is 17.5 Å². The summed E-state index contributed by atoms with van der Waals surface area (Å²) in [6, 6.07) is 7.57. The molecule has 2 N–H and O–H groups in total. The van der Waals surface area contributed by atoms with Crippen LogP contribution in [0.2, 0.25) is 0 Å². The molecule has 2 amide bonds. The summed E-state index contributed by atoms with van der Waals surface area (Å²) in [4.78, 5) is 31.7. The molecule has 0 spiro atoms. The zero-order chi connectivity index (χ0) is 15.9. The zero-order valence-corrected chi connectivity index (χ0v) is 12.6. The number of amides is 2. The number of nitrogens with zero attached hydrogens (tertiary/aromatic N) is 2. The number of aromatic nitrogens is 2. The maximum atomic E-state index is 11.9. The number of rotatable bonds is 5. The van der Waals surface area contributed by atoms with Crippen molar-refractivity contribution in [3.8, 4) is 0 Å². The van der Waals surface area contributed by atoms with E-state index in [1.807, 2.05) is 31.2 Å². The normalized spacial score (nSPS) is 10.1. The number of nitrogens with one attached hydrogen (secondary N) is 2. The van der Waals surface area contributed by atoms with Gasteiger partial charge in [0.05, 0.1) is 18.4 Å². The van der Waals surface area contributed by atoms with E-state index in [-0.39, 0.29) is 18.1 Å². The molecule has 0 saturated heterocycles. The van der Waals surface area contributed by atoms with Crippen molar-refractivity contribution < 1.29 is 9.59 Å². The second-order valence-corrected chi connectivity index (χ2v) is 4.78. The van der Waals surface area contributed by atoms with Crippen LogP contribution < -0.4 is 10.6 Å². The summed E-state index contributed by atoms with van der Waals surface area (Å²) in [5.41, 5.74) is 2.73. The quantitative estimate of drug-likeness (QED) is 0.880. The number of hydrogen-bond donors (Lipinski definition) is 2. The van der Waals surface area contributed by atoms with Gasteiger partial charge in [0.15, 0.2) is 0 Å². The second-order valence-electron chi connectivity index (χ2n) is 4.78. The second kappa shape index (κ2) is 7.31. The van der Waals surface area contributed by atoms with Crippen molar-refractivity contribution in [2.45, 2.75) is 20.3 Å². The van der Waals surface area contributed by atoms with Crippen LogP contribution >= 0.6 is 0 Å². The molecule has 6 nitrogen and oxygen atoms in total. The monoisotopic (exact) mass is 298 g/mol. The molecule has 1 heterocycles. The number of anilines is 1. The van der Waals surface area contributed by atoms with E-state index in [0.717, 1.165) is 23.4 Å². The van der Waals surface area contributed by atoms with E-state index in [2.05, 4.69) is 20.6 Å². The summed E-state index contributed by atoms with van der Waals surface area (Å²) >= 11 is 0. The number of para-hydroxylation sites is 1. The highest BCUT2D eigenvalue weighted by Gasteiger charge is 2.10. The largest absolute Gasteiger partial charge is 0.342 e. The topological polar surface area (TPSA) is 84.0 Å². The Hall–Kier alpha value is -2.76. The molecule has 1 aromatic carbocycles. The Bertz CT molecular complexity index is 668. The van der Waals surface area contributed by atoms with Crippen LogP contribution in [0.25, 0.3) is 0 Å². The number of hydrogen-bond acceptors (Lipinski definition) is 4. The molecule has 2 aromatic rings. The van der Waals surface area contributed by atoms with Crippen molar-refractivity contribution in [1.29, 1.82) is 0 Å². The van der Waals surface area contributed by atoms with Crippen molar-refractivity contribution in [3.05, 3.63) is 53.6 Å². The van der Waals surface area contributed by atoms with Crippen molar-refractivity contribution in [1.82, 2.24) is 15.3 Å². The molecule has 0 aliphatic heterocycles. The van der Waals surface area contributed by atoms with E-state index in [9.17, 15) is 9.59 Å². The Morgan fingerprint density at radius 2 is 1.91 bits per heavy atom. The lowest BCUT2D eigenvalue weighted by Gasteiger charge is -2.10. The highest BCUT2D eigenvalue weighted by Crippen LogP contribution is 2.14. The standard InChI is InChI=1S/C16H18N4O2/c1-3-12-6-4-5-7-13(12)20-15(21)10-19-16(22)14-9-17-11(2)8-18-14/h4-9H,3,10H2,1-2H3,(H,19,22)(H,20,21). The molecule has 0 bridgehead atoms. The third-order valence-corrected chi connectivity index (χ3v) is 3.10. The van der Waals surface area contributed by atoms with Crippen LogP contribution in [-0.2, 0) is 11.2 Å². The maximum absolute atomic E-state index is 11.9. The molecule has 0 atom stereocenters. The fourth-order valence-corrected chi connectivity index (χ4v) is 1.91. The van der Waals surface area contributed by atoms with E-state index in [4.69, 9.17) is 0 Å². The lowest BCUT2D eigenvalue weighted by atomic mass is 10.1. The Morgan fingerprint density at radius 3 is 2.59 bits per heavy atom. The molecule has 0 aliphatic rings. The molecule has 114 valence electrons. The summed E-state index contributed by atoms with van der Waals surface area (Å²) in [7, 11) is 0. The summed E-state index contributed by atoms with van der Waals surface area (Å²) < 4.78 is 0. The molecule has 1 aromatic heterocycles. The minimum absolute atomic E-state index is 0.119. The molecule has 0 saturated carbocycles. The van der Waals surface area contributed by atoms with E-state index >= 15 is 0 Å². The van der Waals surface area contributed by atoms with Crippen LogP contribution in [0, 0.1) is 6.92 Å². The van der Waals surface area contributed by atoms with Gasteiger partial charge in [-0.15, -0.1) is 0 Å². The van der Waals surface area contributed by atoms with E-state index in [1.165, 1.54) is 12.4 Å². The van der Waals surface area contributed by atoms with Crippen LogP contribution in [0.15, 0.2) is 36.7 Å². The Balaban J connectivity index is 1.90. The zero-order valence-electron chi connectivity index (χ0n) is 12.6. The maximum Gasteiger partial charge on any atom is 0.271 e. The van der Waals surface area contributed by atoms with Gasteiger partial charge in [0, 0.05) is 11.9 Å². The number of carbonyl (C=O) groups excluding carboxylic acids is 2. The van der Waals surface area contributed by atoms with Gasteiger partial charge in [-0.3, -0.25) is 14.6 Å².